The quantitative estimate of drug-likeness (QED) is 0.328. The molecule has 0 nitrogen and oxygen atoms in total. The van der Waals surface area contributed by atoms with Crippen LogP contribution in [0.5, 0.6) is 0 Å². The van der Waals surface area contributed by atoms with Crippen LogP contribution in [0.25, 0.3) is 0 Å². The molecule has 0 saturated heterocycles. The Morgan fingerprint density at radius 2 is 0.412 bits per heavy atom. The summed E-state index contributed by atoms with van der Waals surface area (Å²) in [4.78, 5) is 0. The molecule has 17 heteroatoms. The van der Waals surface area contributed by atoms with Gasteiger partial charge in [-0.15, -0.1) is 0 Å². The van der Waals surface area contributed by atoms with E-state index in [9.17, 15) is 0 Å². The Balaban J connectivity index is -0.0000000480. The fraction of sp³-hybridized carbons (Fsp3) is 0. The van der Waals surface area contributed by atoms with Gasteiger partial charge in [-0.3, -0.25) is 0 Å². The Morgan fingerprint density at radius 3 is 0.412 bits per heavy atom. The SMILES string of the molecule is [Cl-].[Cl][Ir-2]([Cl])([Cl])([Cl])([Cl])[Cl].[Cl][Ir-2]([Cl])([Cl])([Cl])([Cl])[Cl].[Na+].[Ru+4]. The molecule has 0 unspecified atom stereocenters. The Hall–Kier alpha value is 6.69. The molecule has 0 bridgehead atoms. The van der Waals surface area contributed by atoms with E-state index in [4.69, 9.17) is 115 Å². The molecule has 0 saturated carbocycles. The van der Waals surface area contributed by atoms with Gasteiger partial charge in [0.15, 0.2) is 0 Å². The van der Waals surface area contributed by atoms with Crippen molar-refractivity contribution in [3.05, 3.63) is 0 Å². The second kappa shape index (κ2) is 7.93. The van der Waals surface area contributed by atoms with Gasteiger partial charge in [0.05, 0.1) is 0 Å². The van der Waals surface area contributed by atoms with Crippen molar-refractivity contribution in [1.82, 2.24) is 0 Å². The van der Waals surface area contributed by atoms with Crippen molar-refractivity contribution < 1.29 is 75.1 Å². The summed E-state index contributed by atoms with van der Waals surface area (Å²) >= 11 is 0. The van der Waals surface area contributed by atoms with Gasteiger partial charge in [-0.1, -0.05) is 0 Å². The van der Waals surface area contributed by atoms with Crippen LogP contribution in [0.2, 0.25) is 0 Å². The Bertz CT molecular complexity index is 167. The van der Waals surface area contributed by atoms with Gasteiger partial charge in [-0.05, 0) is 0 Å². The van der Waals surface area contributed by atoms with Crippen LogP contribution in [0.3, 0.4) is 0 Å². The minimum atomic E-state index is -5.33. The maximum Gasteiger partial charge on any atom is 4.00 e. The zero-order valence-corrected chi connectivity index (χ0v) is 25.3. The number of rotatable bonds is 0. The molecular weight excluding hydrogens is 969 g/mol. The van der Waals surface area contributed by atoms with Gasteiger partial charge >= 0.3 is 178 Å². The molecule has 0 radical (unpaired) electrons. The van der Waals surface area contributed by atoms with E-state index in [-0.39, 0.29) is 61.4 Å². The van der Waals surface area contributed by atoms with Gasteiger partial charge < -0.3 is 12.4 Å². The summed E-state index contributed by atoms with van der Waals surface area (Å²) in [6.45, 7) is -10.7. The van der Waals surface area contributed by atoms with E-state index in [1.165, 1.54) is 0 Å². The fourth-order valence-electron chi connectivity index (χ4n) is 0. The molecule has 0 heterocycles. The molecule has 0 N–H and O–H groups in total. The predicted molar refractivity (Wildman–Crippen MR) is 70.2 cm³/mol. The van der Waals surface area contributed by atoms with Crippen LogP contribution in [-0.2, 0) is 33.1 Å². The molecule has 0 rings (SSSR count). The summed E-state index contributed by atoms with van der Waals surface area (Å²) in [5.41, 5.74) is 0. The minimum Gasteiger partial charge on any atom is 1.00 e. The van der Waals surface area contributed by atoms with Crippen LogP contribution in [0.4, 0.5) is 0 Å². The zero-order chi connectivity index (χ0) is 12.8. The second-order valence-electron chi connectivity index (χ2n) is 1.43. The van der Waals surface area contributed by atoms with E-state index < -0.39 is 13.6 Å². The molecule has 0 fully saturated rings. The van der Waals surface area contributed by atoms with Crippen molar-refractivity contribution in [2.24, 2.45) is 0 Å². The molecule has 17 heavy (non-hydrogen) atoms. The van der Waals surface area contributed by atoms with Crippen LogP contribution >= 0.6 is 115 Å². The molecule has 0 aliphatic heterocycles. The molecule has 0 aromatic heterocycles. The van der Waals surface area contributed by atoms with Crippen LogP contribution < -0.4 is 42.0 Å². The first-order valence-corrected chi connectivity index (χ1v) is 37.1. The third-order valence-corrected chi connectivity index (χ3v) is 0. The maximum absolute atomic E-state index is 5.33. The van der Waals surface area contributed by atoms with E-state index in [2.05, 4.69) is 0 Å². The third kappa shape index (κ3) is 217. The van der Waals surface area contributed by atoms with Crippen molar-refractivity contribution in [3.8, 4) is 0 Å². The predicted octanol–water partition coefficient (Wildman–Crippen LogP) is 2.27. The summed E-state index contributed by atoms with van der Waals surface area (Å²) in [6, 6.07) is 0. The van der Waals surface area contributed by atoms with Crippen molar-refractivity contribution >= 4 is 115 Å². The van der Waals surface area contributed by atoms with Gasteiger partial charge in [-0.25, -0.2) is 0 Å². The van der Waals surface area contributed by atoms with E-state index in [1.807, 2.05) is 0 Å². The molecule has 118 valence electrons. The first-order chi connectivity index (χ1) is 4.90. The minimum absolute atomic E-state index is 0. The standard InChI is InChI=1S/13ClH.2Ir.Na.Ru/h13*1H;;;;/q;;;;;;;;;;;;;2*+4;+1;+4/p-13. The van der Waals surface area contributed by atoms with E-state index in [1.54, 1.807) is 0 Å². The Labute approximate surface area is 185 Å². The van der Waals surface area contributed by atoms with Crippen molar-refractivity contribution in [1.29, 1.82) is 0 Å². The Morgan fingerprint density at radius 1 is 0.412 bits per heavy atom. The first kappa shape index (κ1) is 34.9. The first-order valence-electron chi connectivity index (χ1n) is 1.51. The van der Waals surface area contributed by atoms with Crippen LogP contribution in [-0.4, -0.2) is 0 Å². The van der Waals surface area contributed by atoms with Crippen molar-refractivity contribution in [2.45, 2.75) is 0 Å². The molecule has 0 aromatic carbocycles. The van der Waals surface area contributed by atoms with Crippen molar-refractivity contribution in [3.63, 3.8) is 0 Å². The van der Waals surface area contributed by atoms with Crippen LogP contribution in [0, 0.1) is 0 Å². The summed E-state index contributed by atoms with van der Waals surface area (Å²) < 4.78 is 0. The average molecular weight is 969 g/mol. The molecule has 0 aromatic rings. The van der Waals surface area contributed by atoms with Crippen LogP contribution in [0.1, 0.15) is 0 Å². The van der Waals surface area contributed by atoms with Gasteiger partial charge in [0.1, 0.15) is 0 Å². The molecule has 0 amide bonds. The number of halogens is 13. The Kier molecular flexibility index (Phi) is 16.3. The van der Waals surface area contributed by atoms with Gasteiger partial charge in [0, 0.05) is 0 Å². The molecule has 0 aliphatic carbocycles. The van der Waals surface area contributed by atoms with Crippen molar-refractivity contribution in [2.75, 3.05) is 0 Å². The van der Waals surface area contributed by atoms with Gasteiger partial charge in [0.25, 0.3) is 0 Å². The third-order valence-electron chi connectivity index (χ3n) is 0. The molecule has 0 spiro atoms. The maximum atomic E-state index is 5.06. The normalized spacial score (nSPS) is 19.1. The molecular formula is Cl13Ir2NaRu. The summed E-state index contributed by atoms with van der Waals surface area (Å²) in [5, 5.41) is 0. The molecule has 0 aliphatic rings. The fourth-order valence-corrected chi connectivity index (χ4v) is 0. The molecule has 0 atom stereocenters. The van der Waals surface area contributed by atoms with E-state index in [0.29, 0.717) is 0 Å². The second-order valence-corrected chi connectivity index (χ2v) is 105. The van der Waals surface area contributed by atoms with E-state index in [0.717, 1.165) is 0 Å². The summed E-state index contributed by atoms with van der Waals surface area (Å²) in [7, 11) is 60.7. The number of hydrogen-bond acceptors (Lipinski definition) is 0. The van der Waals surface area contributed by atoms with Crippen LogP contribution in [0.15, 0.2) is 0 Å². The average Bonchev–Trinajstić information content (AvgIpc) is 0.938. The zero-order valence-electron chi connectivity index (χ0n) is 6.93. The summed E-state index contributed by atoms with van der Waals surface area (Å²) in [6.07, 6.45) is 0. The smallest absolute Gasteiger partial charge is 1.00 e. The van der Waals surface area contributed by atoms with E-state index >= 15 is 0 Å². The summed E-state index contributed by atoms with van der Waals surface area (Å²) in [5.74, 6) is 0. The topological polar surface area (TPSA) is 0 Å². The number of hydrogen-bond donors (Lipinski definition) is 0. The van der Waals surface area contributed by atoms with Gasteiger partial charge in [0.2, 0.25) is 0 Å². The largest absolute Gasteiger partial charge is 4.00 e. The van der Waals surface area contributed by atoms with Gasteiger partial charge in [-0.2, -0.15) is 0 Å². The monoisotopic (exact) mass is 965 g/mol.